The zero-order valence-electron chi connectivity index (χ0n) is 10.7. The Morgan fingerprint density at radius 2 is 2.11 bits per heavy atom. The number of carbonyl (C=O) groups is 1. The molecule has 4 heteroatoms. The highest BCUT2D eigenvalue weighted by molar-refractivity contribution is 5.94. The highest BCUT2D eigenvalue weighted by Crippen LogP contribution is 2.37. The van der Waals surface area contributed by atoms with Crippen molar-refractivity contribution < 1.29 is 9.90 Å². The van der Waals surface area contributed by atoms with Crippen LogP contribution in [0.3, 0.4) is 0 Å². The van der Waals surface area contributed by atoms with Crippen molar-refractivity contribution in [2.75, 3.05) is 17.6 Å². The number of anilines is 2. The van der Waals surface area contributed by atoms with Crippen LogP contribution in [-0.2, 0) is 0 Å². The number of carboxylic acids is 1. The summed E-state index contributed by atoms with van der Waals surface area (Å²) < 4.78 is 0. The molecule has 0 bridgehead atoms. The number of rotatable bonds is 4. The van der Waals surface area contributed by atoms with Crippen molar-refractivity contribution in [3.05, 3.63) is 23.8 Å². The third kappa shape index (κ3) is 2.75. The highest BCUT2D eigenvalue weighted by Gasteiger charge is 2.28. The number of benzene rings is 1. The lowest BCUT2D eigenvalue weighted by atomic mass is 9.89. The summed E-state index contributed by atoms with van der Waals surface area (Å²) in [7, 11) is 0. The molecular weight excluding hydrogens is 228 g/mol. The summed E-state index contributed by atoms with van der Waals surface area (Å²) >= 11 is 0. The van der Waals surface area contributed by atoms with E-state index < -0.39 is 5.97 Å². The minimum absolute atomic E-state index is 0.163. The quantitative estimate of drug-likeness (QED) is 0.716. The van der Waals surface area contributed by atoms with E-state index in [4.69, 9.17) is 10.8 Å². The van der Waals surface area contributed by atoms with Crippen molar-refractivity contribution >= 4 is 17.3 Å². The molecule has 0 amide bonds. The van der Waals surface area contributed by atoms with Gasteiger partial charge in [0.25, 0.3) is 0 Å². The van der Waals surface area contributed by atoms with Gasteiger partial charge in [-0.25, -0.2) is 4.79 Å². The van der Waals surface area contributed by atoms with Gasteiger partial charge in [-0.2, -0.15) is 0 Å². The van der Waals surface area contributed by atoms with E-state index in [0.717, 1.165) is 12.2 Å². The molecule has 2 rings (SSSR count). The molecule has 0 aliphatic heterocycles. The minimum atomic E-state index is -0.983. The molecule has 1 aliphatic carbocycles. The zero-order chi connectivity index (χ0) is 13.2. The molecule has 0 spiro atoms. The Kier molecular flexibility index (Phi) is 3.45. The van der Waals surface area contributed by atoms with Gasteiger partial charge in [-0.1, -0.05) is 19.8 Å². The summed E-state index contributed by atoms with van der Waals surface area (Å²) in [5.41, 5.74) is 7.26. The van der Waals surface area contributed by atoms with Crippen molar-refractivity contribution in [3.63, 3.8) is 0 Å². The second kappa shape index (κ2) is 4.88. The first-order chi connectivity index (χ1) is 8.50. The van der Waals surface area contributed by atoms with Gasteiger partial charge in [-0.3, -0.25) is 0 Å². The van der Waals surface area contributed by atoms with Gasteiger partial charge in [-0.05, 0) is 36.5 Å². The molecule has 1 fully saturated rings. The first kappa shape index (κ1) is 12.7. The van der Waals surface area contributed by atoms with Gasteiger partial charge in [0, 0.05) is 17.9 Å². The first-order valence-corrected chi connectivity index (χ1v) is 6.37. The first-order valence-electron chi connectivity index (χ1n) is 6.37. The predicted octanol–water partition coefficient (Wildman–Crippen LogP) is 2.96. The Bertz CT molecular complexity index is 451. The van der Waals surface area contributed by atoms with Crippen LogP contribution in [0.5, 0.6) is 0 Å². The smallest absolute Gasteiger partial charge is 0.337 e. The zero-order valence-corrected chi connectivity index (χ0v) is 10.7. The normalized spacial score (nSPS) is 17.6. The van der Waals surface area contributed by atoms with Crippen molar-refractivity contribution in [2.45, 2.75) is 32.6 Å². The molecule has 4 nitrogen and oxygen atoms in total. The molecule has 0 atom stereocenters. The summed E-state index contributed by atoms with van der Waals surface area (Å²) in [6, 6.07) is 5.08. The van der Waals surface area contributed by atoms with E-state index in [0.29, 0.717) is 11.1 Å². The molecule has 1 aromatic carbocycles. The van der Waals surface area contributed by atoms with Crippen molar-refractivity contribution in [2.24, 2.45) is 5.41 Å². The lowest BCUT2D eigenvalue weighted by Crippen LogP contribution is -2.23. The van der Waals surface area contributed by atoms with Gasteiger partial charge in [-0.15, -0.1) is 0 Å². The topological polar surface area (TPSA) is 75.3 Å². The Morgan fingerprint density at radius 3 is 2.72 bits per heavy atom. The molecule has 4 N–H and O–H groups in total. The number of aromatic carboxylic acids is 1. The number of nitrogens with one attached hydrogen (secondary N) is 1. The molecule has 1 aliphatic rings. The van der Waals surface area contributed by atoms with Crippen LogP contribution in [0.1, 0.15) is 43.0 Å². The molecular formula is C14H20N2O2. The molecule has 0 aromatic heterocycles. The number of nitrogen functional groups attached to an aromatic ring is 1. The van der Waals surface area contributed by atoms with Crippen LogP contribution in [0.25, 0.3) is 0 Å². The maximum absolute atomic E-state index is 11.0. The van der Waals surface area contributed by atoms with E-state index in [1.807, 2.05) is 6.07 Å². The van der Waals surface area contributed by atoms with E-state index in [9.17, 15) is 4.79 Å². The Hall–Kier alpha value is -1.71. The van der Waals surface area contributed by atoms with Crippen LogP contribution in [0, 0.1) is 5.41 Å². The summed E-state index contributed by atoms with van der Waals surface area (Å²) in [4.78, 5) is 11.0. The van der Waals surface area contributed by atoms with E-state index >= 15 is 0 Å². The van der Waals surface area contributed by atoms with Crippen LogP contribution >= 0.6 is 0 Å². The molecule has 0 saturated heterocycles. The minimum Gasteiger partial charge on any atom is -0.478 e. The van der Waals surface area contributed by atoms with Crippen molar-refractivity contribution in [1.82, 2.24) is 0 Å². The summed E-state index contributed by atoms with van der Waals surface area (Å²) in [6.07, 6.45) is 5.06. The van der Waals surface area contributed by atoms with Crippen molar-refractivity contribution in [3.8, 4) is 0 Å². The van der Waals surface area contributed by atoms with E-state index in [2.05, 4.69) is 12.2 Å². The summed E-state index contributed by atoms with van der Waals surface area (Å²) in [5.74, 6) is -0.983. The second-order valence-corrected chi connectivity index (χ2v) is 5.48. The molecule has 0 heterocycles. The fourth-order valence-electron chi connectivity index (χ4n) is 2.57. The van der Waals surface area contributed by atoms with Gasteiger partial charge in [0.05, 0.1) is 5.56 Å². The molecule has 1 aromatic rings. The van der Waals surface area contributed by atoms with Gasteiger partial charge in [0.1, 0.15) is 0 Å². The third-order valence-corrected chi connectivity index (χ3v) is 3.81. The fraction of sp³-hybridized carbons (Fsp3) is 0.500. The van der Waals surface area contributed by atoms with E-state index in [1.165, 1.54) is 25.7 Å². The Labute approximate surface area is 107 Å². The molecule has 0 unspecified atom stereocenters. The molecule has 0 radical (unpaired) electrons. The van der Waals surface area contributed by atoms with Crippen molar-refractivity contribution in [1.29, 1.82) is 0 Å². The van der Waals surface area contributed by atoms with Crippen LogP contribution in [0.2, 0.25) is 0 Å². The van der Waals surface area contributed by atoms with E-state index in [1.54, 1.807) is 12.1 Å². The van der Waals surface area contributed by atoms with Gasteiger partial charge >= 0.3 is 5.97 Å². The maximum atomic E-state index is 11.0. The Balaban J connectivity index is 2.05. The largest absolute Gasteiger partial charge is 0.478 e. The predicted molar refractivity (Wildman–Crippen MR) is 72.9 cm³/mol. The fourth-order valence-corrected chi connectivity index (χ4v) is 2.57. The lowest BCUT2D eigenvalue weighted by molar-refractivity contribution is 0.0698. The molecule has 18 heavy (non-hydrogen) atoms. The van der Waals surface area contributed by atoms with Crippen LogP contribution in [-0.4, -0.2) is 17.6 Å². The monoisotopic (exact) mass is 248 g/mol. The highest BCUT2D eigenvalue weighted by atomic mass is 16.4. The molecule has 98 valence electrons. The number of hydrogen-bond acceptors (Lipinski definition) is 3. The third-order valence-electron chi connectivity index (χ3n) is 3.81. The molecule has 1 saturated carbocycles. The standard InChI is InChI=1S/C14H20N2O2/c1-14(6-2-3-7-14)9-16-10-4-5-12(15)11(8-10)13(17)18/h4-5,8,16H,2-3,6-7,9,15H2,1H3,(H,17,18). The number of hydrogen-bond donors (Lipinski definition) is 3. The summed E-state index contributed by atoms with van der Waals surface area (Å²) in [6.45, 7) is 3.17. The second-order valence-electron chi connectivity index (χ2n) is 5.48. The lowest BCUT2D eigenvalue weighted by Gasteiger charge is -2.24. The number of nitrogens with two attached hydrogens (primary N) is 1. The SMILES string of the molecule is CC1(CNc2ccc(N)c(C(=O)O)c2)CCCC1. The van der Waals surface area contributed by atoms with Crippen LogP contribution < -0.4 is 11.1 Å². The summed E-state index contributed by atoms with van der Waals surface area (Å²) in [5, 5.41) is 12.3. The van der Waals surface area contributed by atoms with Gasteiger partial charge < -0.3 is 16.2 Å². The van der Waals surface area contributed by atoms with Crippen LogP contribution in [0.4, 0.5) is 11.4 Å². The maximum Gasteiger partial charge on any atom is 0.337 e. The number of carboxylic acid groups (broad SMARTS) is 1. The van der Waals surface area contributed by atoms with Gasteiger partial charge in [0.2, 0.25) is 0 Å². The Morgan fingerprint density at radius 1 is 1.44 bits per heavy atom. The average Bonchev–Trinajstić information content (AvgIpc) is 2.75. The van der Waals surface area contributed by atoms with E-state index in [-0.39, 0.29) is 5.56 Å². The van der Waals surface area contributed by atoms with Gasteiger partial charge in [0.15, 0.2) is 0 Å². The average molecular weight is 248 g/mol. The van der Waals surface area contributed by atoms with Crippen LogP contribution in [0.15, 0.2) is 18.2 Å².